The van der Waals surface area contributed by atoms with Gasteiger partial charge in [0.2, 0.25) is 5.91 Å². The summed E-state index contributed by atoms with van der Waals surface area (Å²) in [6.45, 7) is 1.43. The highest BCUT2D eigenvalue weighted by atomic mass is 35.5. The van der Waals surface area contributed by atoms with E-state index in [4.69, 9.17) is 16.8 Å². The number of hydrogen-bond donors (Lipinski definition) is 2. The number of hydrogen-bond acceptors (Lipinski definition) is 5. The number of nitrogens with one attached hydrogen (secondary N) is 1. The highest BCUT2D eigenvalue weighted by Gasteiger charge is 2.50. The Morgan fingerprint density at radius 3 is 2.41 bits per heavy atom. The number of rotatable bonds is 5. The van der Waals surface area contributed by atoms with Crippen LogP contribution < -0.4 is 5.32 Å². The average Bonchev–Trinajstić information content (AvgIpc) is 2.76. The predicted octanol–water partition coefficient (Wildman–Crippen LogP) is 4.79. The van der Waals surface area contributed by atoms with Crippen LogP contribution in [0.4, 0.5) is 8.78 Å². The number of oxime groups is 1. The summed E-state index contributed by atoms with van der Waals surface area (Å²) >= 11 is 5.89. The monoisotopic (exact) mass is 484 g/mol. The quantitative estimate of drug-likeness (QED) is 0.276. The zero-order valence-electron chi connectivity index (χ0n) is 17.3. The van der Waals surface area contributed by atoms with Crippen LogP contribution >= 0.6 is 11.6 Å². The molecule has 0 bridgehead atoms. The van der Waals surface area contributed by atoms with E-state index in [9.17, 15) is 22.0 Å². The second-order valence-corrected chi connectivity index (χ2v) is 10.7. The molecule has 0 spiro atoms. The molecule has 1 amide bonds. The molecule has 0 unspecified atom stereocenters. The van der Waals surface area contributed by atoms with Crippen molar-refractivity contribution in [3.8, 4) is 0 Å². The topological polar surface area (TPSA) is 95.8 Å². The Morgan fingerprint density at radius 2 is 1.81 bits per heavy atom. The minimum Gasteiger partial charge on any atom is -0.409 e. The van der Waals surface area contributed by atoms with Gasteiger partial charge in [-0.25, -0.2) is 17.2 Å². The van der Waals surface area contributed by atoms with Crippen LogP contribution in [0, 0.1) is 17.6 Å². The maximum absolute atomic E-state index is 14.8. The molecule has 32 heavy (non-hydrogen) atoms. The second-order valence-electron chi connectivity index (χ2n) is 7.96. The molecule has 10 heteroatoms. The van der Waals surface area contributed by atoms with Crippen molar-refractivity contribution < 1.29 is 27.2 Å². The molecule has 0 saturated heterocycles. The molecule has 1 saturated carbocycles. The van der Waals surface area contributed by atoms with Gasteiger partial charge in [0.25, 0.3) is 0 Å². The Balaban J connectivity index is 1.97. The fourth-order valence-electron chi connectivity index (χ4n) is 4.26. The van der Waals surface area contributed by atoms with Gasteiger partial charge in [0.1, 0.15) is 22.2 Å². The first-order valence-electron chi connectivity index (χ1n) is 10.0. The van der Waals surface area contributed by atoms with E-state index in [0.717, 1.165) is 18.2 Å². The zero-order valence-corrected chi connectivity index (χ0v) is 18.9. The number of halogens is 3. The maximum atomic E-state index is 14.8. The lowest BCUT2D eigenvalue weighted by molar-refractivity contribution is -0.120. The smallest absolute Gasteiger partial charge is 0.225 e. The molecular formula is C22H23ClF2N2O4S. The lowest BCUT2D eigenvalue weighted by Gasteiger charge is -2.40. The number of sulfone groups is 1. The third-order valence-electron chi connectivity index (χ3n) is 5.91. The summed E-state index contributed by atoms with van der Waals surface area (Å²) in [6.07, 6.45) is 0.749. The highest BCUT2D eigenvalue weighted by Crippen LogP contribution is 2.49. The Hall–Kier alpha value is -2.52. The van der Waals surface area contributed by atoms with Gasteiger partial charge in [0.05, 0.1) is 4.90 Å². The molecule has 0 atom stereocenters. The van der Waals surface area contributed by atoms with E-state index in [2.05, 4.69) is 10.5 Å². The van der Waals surface area contributed by atoms with Crippen LogP contribution in [0.25, 0.3) is 0 Å². The minimum absolute atomic E-state index is 0.0172. The largest absolute Gasteiger partial charge is 0.409 e. The third-order valence-corrected chi connectivity index (χ3v) is 8.72. The van der Waals surface area contributed by atoms with Crippen LogP contribution in [-0.2, 0) is 19.4 Å². The molecule has 1 aliphatic carbocycles. The summed E-state index contributed by atoms with van der Waals surface area (Å²) in [4.78, 5) is 12.1. The molecule has 0 aliphatic heterocycles. The lowest BCUT2D eigenvalue weighted by Crippen LogP contribution is -2.41. The molecule has 2 aromatic rings. The van der Waals surface area contributed by atoms with Crippen molar-refractivity contribution >= 4 is 33.2 Å². The molecule has 0 radical (unpaired) electrons. The molecule has 0 heterocycles. The number of carbonyl (C=O) groups excluding carboxylic acids is 1. The third kappa shape index (κ3) is 4.78. The first-order valence-corrected chi connectivity index (χ1v) is 11.9. The van der Waals surface area contributed by atoms with Crippen LogP contribution in [0.15, 0.2) is 52.5 Å². The average molecular weight is 485 g/mol. The first kappa shape index (κ1) is 24.1. The summed E-state index contributed by atoms with van der Waals surface area (Å²) in [7, 11) is -4.13. The Morgan fingerprint density at radius 1 is 1.19 bits per heavy atom. The Labute approximate surface area is 190 Å². The SMILES string of the molecule is C/C(=N\O)NC(=O)CC1CCC(c2cc(F)ccc2F)(S(=O)(=O)c2ccc(Cl)cc2)CC1. The van der Waals surface area contributed by atoms with E-state index < -0.39 is 26.2 Å². The molecule has 1 aliphatic rings. The fourth-order valence-corrected chi connectivity index (χ4v) is 6.55. The summed E-state index contributed by atoms with van der Waals surface area (Å²) < 4.78 is 54.7. The predicted molar refractivity (Wildman–Crippen MR) is 116 cm³/mol. The normalized spacial score (nSPS) is 21.9. The highest BCUT2D eigenvalue weighted by molar-refractivity contribution is 7.92. The van der Waals surface area contributed by atoms with Crippen molar-refractivity contribution in [2.24, 2.45) is 11.1 Å². The number of amides is 1. The number of nitrogens with zero attached hydrogens (tertiary/aromatic N) is 1. The summed E-state index contributed by atoms with van der Waals surface area (Å²) in [6, 6.07) is 8.40. The van der Waals surface area contributed by atoms with Gasteiger partial charge in [-0.2, -0.15) is 0 Å². The van der Waals surface area contributed by atoms with Crippen molar-refractivity contribution in [3.63, 3.8) is 0 Å². The molecule has 6 nitrogen and oxygen atoms in total. The van der Waals surface area contributed by atoms with E-state index >= 15 is 0 Å². The van der Waals surface area contributed by atoms with E-state index in [1.807, 2.05) is 0 Å². The molecule has 3 rings (SSSR count). The standard InChI is InChI=1S/C22H23ClF2N2O4S/c1-14(27-29)26-21(28)12-15-8-10-22(11-9-15,19-13-17(24)4-7-20(19)25)32(30,31)18-5-2-16(23)3-6-18/h2-7,13,15,29H,8-12H2,1H3,(H,26,27,28). The number of carbonyl (C=O) groups is 1. The van der Waals surface area contributed by atoms with Gasteiger partial charge in [-0.05, 0) is 81.0 Å². The summed E-state index contributed by atoms with van der Waals surface area (Å²) in [5, 5.41) is 14.4. The zero-order chi connectivity index (χ0) is 23.5. The van der Waals surface area contributed by atoms with E-state index in [1.165, 1.54) is 31.2 Å². The van der Waals surface area contributed by atoms with Crippen LogP contribution in [0.1, 0.15) is 44.6 Å². The number of benzene rings is 2. The van der Waals surface area contributed by atoms with Crippen molar-refractivity contribution in [2.75, 3.05) is 0 Å². The van der Waals surface area contributed by atoms with Crippen molar-refractivity contribution in [1.29, 1.82) is 0 Å². The van der Waals surface area contributed by atoms with Gasteiger partial charge in [-0.1, -0.05) is 16.8 Å². The van der Waals surface area contributed by atoms with Crippen molar-refractivity contribution in [1.82, 2.24) is 5.32 Å². The molecule has 2 aromatic carbocycles. The molecule has 1 fully saturated rings. The van der Waals surface area contributed by atoms with Crippen LogP contribution in [0.2, 0.25) is 5.02 Å². The number of amidine groups is 1. The Kier molecular flexibility index (Phi) is 7.19. The van der Waals surface area contributed by atoms with Gasteiger partial charge in [-0.3, -0.25) is 4.79 Å². The van der Waals surface area contributed by atoms with E-state index in [-0.39, 0.29) is 47.4 Å². The van der Waals surface area contributed by atoms with Gasteiger partial charge in [-0.15, -0.1) is 0 Å². The summed E-state index contributed by atoms with van der Waals surface area (Å²) in [5.74, 6) is -2.00. The van der Waals surface area contributed by atoms with Crippen LogP contribution in [0.3, 0.4) is 0 Å². The van der Waals surface area contributed by atoms with Crippen LogP contribution in [0.5, 0.6) is 0 Å². The van der Waals surface area contributed by atoms with Crippen LogP contribution in [-0.4, -0.2) is 25.4 Å². The van der Waals surface area contributed by atoms with Gasteiger partial charge in [0.15, 0.2) is 9.84 Å². The lowest BCUT2D eigenvalue weighted by atomic mass is 9.76. The van der Waals surface area contributed by atoms with E-state index in [0.29, 0.717) is 17.9 Å². The van der Waals surface area contributed by atoms with E-state index in [1.54, 1.807) is 0 Å². The van der Waals surface area contributed by atoms with Crippen molar-refractivity contribution in [3.05, 3.63) is 64.7 Å². The Bertz CT molecular complexity index is 1130. The van der Waals surface area contributed by atoms with Gasteiger partial charge < -0.3 is 10.5 Å². The molecule has 2 N–H and O–H groups in total. The second kappa shape index (κ2) is 9.54. The first-order chi connectivity index (χ1) is 15.1. The molecular weight excluding hydrogens is 462 g/mol. The van der Waals surface area contributed by atoms with Gasteiger partial charge >= 0.3 is 0 Å². The van der Waals surface area contributed by atoms with Crippen molar-refractivity contribution in [2.45, 2.75) is 48.7 Å². The summed E-state index contributed by atoms with van der Waals surface area (Å²) in [5.41, 5.74) is -0.210. The maximum Gasteiger partial charge on any atom is 0.225 e. The minimum atomic E-state index is -4.13. The van der Waals surface area contributed by atoms with Gasteiger partial charge in [0, 0.05) is 17.0 Å². The molecule has 172 valence electrons. The molecule has 0 aromatic heterocycles. The fraction of sp³-hybridized carbons (Fsp3) is 0.364.